The van der Waals surface area contributed by atoms with Crippen molar-refractivity contribution in [2.24, 2.45) is 0 Å². The summed E-state index contributed by atoms with van der Waals surface area (Å²) in [4.78, 5) is 73.5. The molecule has 4 rings (SSSR count). The normalized spacial score (nSPS) is 20.1. The number of hydroxylamine groups is 2. The molecule has 0 aliphatic carbocycles. The smallest absolute Gasteiger partial charge is 0.747 e. The fourth-order valence-corrected chi connectivity index (χ4v) is 6.83. The minimum Gasteiger partial charge on any atom is -0.747 e. The Morgan fingerprint density at radius 2 is 1.82 bits per heavy atom. The number of aromatic nitrogens is 2. The Balaban J connectivity index is 0.00000529. The molecule has 4 heterocycles. The Kier molecular flexibility index (Phi) is 13.3. The second-order valence-corrected chi connectivity index (χ2v) is 12.8. The van der Waals surface area contributed by atoms with E-state index in [0.717, 1.165) is 35.2 Å². The van der Waals surface area contributed by atoms with Gasteiger partial charge in [-0.15, -0.1) is 16.4 Å². The summed E-state index contributed by atoms with van der Waals surface area (Å²) in [6.07, 6.45) is 5.99. The van der Waals surface area contributed by atoms with Crippen molar-refractivity contribution in [3.8, 4) is 0 Å². The number of carbonyl (C=O) groups excluding carboxylic acids is 5. The molecule has 0 spiro atoms. The predicted molar refractivity (Wildman–Crippen MR) is 150 cm³/mol. The first-order chi connectivity index (χ1) is 20.5. The van der Waals surface area contributed by atoms with E-state index in [1.807, 2.05) is 5.38 Å². The quantitative estimate of drug-likeness (QED) is 0.0781. The third kappa shape index (κ3) is 8.86. The van der Waals surface area contributed by atoms with Gasteiger partial charge in [0.25, 0.3) is 17.7 Å². The molecule has 3 N–H and O–H groups in total. The van der Waals surface area contributed by atoms with E-state index in [4.69, 9.17) is 4.74 Å². The van der Waals surface area contributed by atoms with E-state index >= 15 is 0 Å². The Hall–Kier alpha value is -2.41. The van der Waals surface area contributed by atoms with Crippen LogP contribution >= 0.6 is 11.3 Å². The van der Waals surface area contributed by atoms with E-state index in [-0.39, 0.29) is 52.9 Å². The summed E-state index contributed by atoms with van der Waals surface area (Å²) in [5.74, 6) is -3.59. The van der Waals surface area contributed by atoms with Gasteiger partial charge < -0.3 is 29.7 Å². The zero-order valence-corrected chi connectivity index (χ0v) is 28.1. The monoisotopic (exact) mass is 663 g/mol. The van der Waals surface area contributed by atoms with Crippen LogP contribution in [0.1, 0.15) is 75.5 Å². The summed E-state index contributed by atoms with van der Waals surface area (Å²) >= 11 is 1.47. The Labute approximate surface area is 280 Å². The molecule has 15 nitrogen and oxygen atoms in total. The zero-order chi connectivity index (χ0) is 31.0. The molecule has 2 unspecified atom stereocenters. The molecule has 4 amide bonds. The molecule has 2 aliphatic rings. The average Bonchev–Trinajstić information content (AvgIpc) is 3.74. The van der Waals surface area contributed by atoms with Gasteiger partial charge >= 0.3 is 35.5 Å². The second-order valence-electron chi connectivity index (χ2n) is 10.4. The van der Waals surface area contributed by atoms with Crippen molar-refractivity contribution < 1.29 is 76.1 Å². The number of rotatable bonds is 16. The van der Waals surface area contributed by atoms with Crippen molar-refractivity contribution in [3.05, 3.63) is 16.6 Å². The van der Waals surface area contributed by atoms with Gasteiger partial charge in [0.05, 0.1) is 23.1 Å². The van der Waals surface area contributed by atoms with Gasteiger partial charge in [0, 0.05) is 37.9 Å². The Bertz CT molecular complexity index is 1450. The van der Waals surface area contributed by atoms with Crippen LogP contribution in [-0.2, 0) is 49.3 Å². The van der Waals surface area contributed by atoms with E-state index in [1.54, 1.807) is 6.33 Å². The van der Waals surface area contributed by atoms with Crippen LogP contribution in [0, 0.1) is 0 Å². The van der Waals surface area contributed by atoms with Gasteiger partial charge in [-0.25, -0.2) is 18.2 Å². The van der Waals surface area contributed by atoms with Gasteiger partial charge in [-0.05, 0) is 38.5 Å². The third-order valence-corrected chi connectivity index (χ3v) is 9.46. The van der Waals surface area contributed by atoms with Gasteiger partial charge in [-0.3, -0.25) is 19.2 Å². The van der Waals surface area contributed by atoms with Crippen molar-refractivity contribution in [3.63, 3.8) is 0 Å². The summed E-state index contributed by atoms with van der Waals surface area (Å²) in [5.41, 5.74) is 0.636. The molecule has 0 radical (unpaired) electrons. The maximum absolute atomic E-state index is 13.1. The van der Waals surface area contributed by atoms with Gasteiger partial charge in [-0.1, -0.05) is 12.8 Å². The van der Waals surface area contributed by atoms with E-state index in [0.29, 0.717) is 58.2 Å². The van der Waals surface area contributed by atoms with Crippen LogP contribution < -0.4 is 40.2 Å². The van der Waals surface area contributed by atoms with Crippen molar-refractivity contribution in [1.29, 1.82) is 0 Å². The number of ether oxygens (including phenoxy) is 1. The molecule has 2 aromatic heterocycles. The van der Waals surface area contributed by atoms with Crippen LogP contribution in [0.25, 0.3) is 11.0 Å². The van der Waals surface area contributed by atoms with Crippen LogP contribution in [0.2, 0.25) is 0 Å². The first kappa shape index (κ1) is 36.1. The van der Waals surface area contributed by atoms with Gasteiger partial charge in [0.2, 0.25) is 5.91 Å². The maximum Gasteiger partial charge on any atom is 1.00 e. The zero-order valence-electron chi connectivity index (χ0n) is 24.4. The summed E-state index contributed by atoms with van der Waals surface area (Å²) in [6, 6.07) is 0. The largest absolute Gasteiger partial charge is 1.00 e. The van der Waals surface area contributed by atoms with Crippen LogP contribution in [0.15, 0.2) is 11.7 Å². The van der Waals surface area contributed by atoms with Crippen LogP contribution in [0.5, 0.6) is 0 Å². The number of amides is 4. The van der Waals surface area contributed by atoms with E-state index in [1.165, 1.54) is 11.3 Å². The van der Waals surface area contributed by atoms with Crippen molar-refractivity contribution in [2.45, 2.75) is 81.5 Å². The van der Waals surface area contributed by atoms with Crippen LogP contribution in [0.4, 0.5) is 0 Å². The van der Waals surface area contributed by atoms with E-state index < -0.39 is 45.2 Å². The van der Waals surface area contributed by atoms with Crippen molar-refractivity contribution >= 4 is 62.1 Å². The van der Waals surface area contributed by atoms with Gasteiger partial charge in [0.1, 0.15) is 20.9 Å². The number of nitrogens with zero attached hydrogens (tertiary/aromatic N) is 2. The summed E-state index contributed by atoms with van der Waals surface area (Å²) in [5, 5.41) is 5.70. The average molecular weight is 664 g/mol. The maximum atomic E-state index is 13.1. The SMILES string of the molecule is O=C(CCCCCNC(=O)C1(c2scc3[nH]cnc23)CCCO1)NCCCCCC(=O)ON1C(=O)CC(S(=O)(=O)[O-])C1=O.[Na+]. The molecule has 2 fully saturated rings. The molecule has 2 aromatic rings. The topological polar surface area (TPSA) is 217 Å². The number of fused-ring (bicyclic) bond motifs is 1. The minimum atomic E-state index is -5.03. The summed E-state index contributed by atoms with van der Waals surface area (Å²) < 4.78 is 39.1. The molecule has 0 bridgehead atoms. The van der Waals surface area contributed by atoms with Crippen molar-refractivity contribution in [2.75, 3.05) is 19.7 Å². The fraction of sp³-hybridized carbons (Fsp3) is 0.615. The summed E-state index contributed by atoms with van der Waals surface area (Å²) in [6.45, 7) is 1.40. The first-order valence-electron chi connectivity index (χ1n) is 14.2. The number of carbonyl (C=O) groups is 5. The Morgan fingerprint density at radius 1 is 1.11 bits per heavy atom. The van der Waals surface area contributed by atoms with Gasteiger partial charge in [-0.2, -0.15) is 0 Å². The molecule has 18 heteroatoms. The fourth-order valence-electron chi connectivity index (χ4n) is 5.01. The number of hydrogen-bond donors (Lipinski definition) is 3. The molecule has 2 aliphatic heterocycles. The standard InChI is InChI=1S/C26H35N5O10S2.Na/c32-19(27-11-5-2-4-9-21(34)41-31-20(33)14-18(24(31)35)43(37,38)39)8-3-1-6-12-28-25(36)26(10-7-13-40-26)23-22-17(15-42-23)29-16-30-22;/h15-16,18H,1-14H2,(H,27,32)(H,28,36)(H,29,30)(H,37,38,39);/q;+1/p-1. The molecule has 0 saturated carbocycles. The number of aromatic amines is 1. The molecule has 0 aromatic carbocycles. The molecule has 44 heavy (non-hydrogen) atoms. The molecule has 236 valence electrons. The van der Waals surface area contributed by atoms with Gasteiger partial charge in [0.15, 0.2) is 5.60 Å². The first-order valence-corrected chi connectivity index (χ1v) is 16.5. The Morgan fingerprint density at radius 3 is 2.48 bits per heavy atom. The molecule has 2 atom stereocenters. The predicted octanol–water partition coefficient (Wildman–Crippen LogP) is -1.88. The molecular weight excluding hydrogens is 629 g/mol. The second kappa shape index (κ2) is 16.2. The number of hydrogen-bond acceptors (Lipinski definition) is 12. The van der Waals surface area contributed by atoms with Crippen LogP contribution in [-0.4, -0.2) is 82.5 Å². The third-order valence-electron chi connectivity index (χ3n) is 7.28. The minimum absolute atomic E-state index is 0. The van der Waals surface area contributed by atoms with E-state index in [9.17, 15) is 36.9 Å². The number of thiophene rings is 1. The number of H-pyrrole nitrogens is 1. The number of imidazole rings is 1. The molecule has 2 saturated heterocycles. The molecular formula is C26H34N5NaO10S2. The number of unbranched alkanes of at least 4 members (excludes halogenated alkanes) is 4. The van der Waals surface area contributed by atoms with E-state index in [2.05, 4.69) is 25.4 Å². The van der Waals surface area contributed by atoms with Crippen molar-refractivity contribution in [1.82, 2.24) is 25.7 Å². The van der Waals surface area contributed by atoms with Crippen LogP contribution in [0.3, 0.4) is 0 Å². The summed E-state index contributed by atoms with van der Waals surface area (Å²) in [7, 11) is -5.03. The number of nitrogens with one attached hydrogen (secondary N) is 3. The number of imide groups is 1.